The number of aromatic nitrogens is 2. The number of nitrogens with zero attached hydrogens (tertiary/aromatic N) is 2. The molecule has 0 amide bonds. The Hall–Kier alpha value is -1.72. The average molecular weight is 275 g/mol. The summed E-state index contributed by atoms with van der Waals surface area (Å²) < 4.78 is 5.57. The maximum Gasteiger partial charge on any atom is 0.247 e. The Labute approximate surface area is 119 Å². The van der Waals surface area contributed by atoms with Gasteiger partial charge in [0, 0.05) is 12.1 Å². The van der Waals surface area contributed by atoms with Crippen molar-refractivity contribution < 1.29 is 9.52 Å². The van der Waals surface area contributed by atoms with Crippen LogP contribution in [0.5, 0.6) is 0 Å². The van der Waals surface area contributed by atoms with Gasteiger partial charge in [-0.15, -0.1) is 10.2 Å². The van der Waals surface area contributed by atoms with Crippen LogP contribution in [0.3, 0.4) is 0 Å². The molecule has 2 N–H and O–H groups in total. The van der Waals surface area contributed by atoms with Gasteiger partial charge in [-0.1, -0.05) is 32.0 Å². The third-order valence-electron chi connectivity index (χ3n) is 2.89. The summed E-state index contributed by atoms with van der Waals surface area (Å²) in [6, 6.07) is 9.66. The number of aliphatic hydroxyl groups is 1. The second kappa shape index (κ2) is 7.17. The van der Waals surface area contributed by atoms with Crippen molar-refractivity contribution in [3.63, 3.8) is 0 Å². The summed E-state index contributed by atoms with van der Waals surface area (Å²) in [5.74, 6) is 1.53. The van der Waals surface area contributed by atoms with Crippen LogP contribution in [0.25, 0.3) is 11.5 Å². The van der Waals surface area contributed by atoms with Gasteiger partial charge in [-0.2, -0.15) is 0 Å². The van der Waals surface area contributed by atoms with E-state index in [1.54, 1.807) is 0 Å². The first-order chi connectivity index (χ1) is 9.65. The van der Waals surface area contributed by atoms with Crippen molar-refractivity contribution >= 4 is 0 Å². The smallest absolute Gasteiger partial charge is 0.247 e. The highest BCUT2D eigenvalue weighted by atomic mass is 16.4. The summed E-state index contributed by atoms with van der Waals surface area (Å²) in [5, 5.41) is 20.9. The Kier molecular flexibility index (Phi) is 5.26. The molecule has 20 heavy (non-hydrogen) atoms. The van der Waals surface area contributed by atoms with Gasteiger partial charge >= 0.3 is 0 Å². The number of rotatable bonds is 7. The van der Waals surface area contributed by atoms with E-state index in [0.29, 0.717) is 30.8 Å². The van der Waals surface area contributed by atoms with Gasteiger partial charge in [-0.3, -0.25) is 0 Å². The molecule has 5 nitrogen and oxygen atoms in total. The molecule has 0 aliphatic rings. The molecule has 0 fully saturated rings. The molecule has 108 valence electrons. The lowest BCUT2D eigenvalue weighted by atomic mass is 10.1. The maximum atomic E-state index is 9.75. The van der Waals surface area contributed by atoms with Crippen molar-refractivity contribution in [1.29, 1.82) is 0 Å². The van der Waals surface area contributed by atoms with Crippen molar-refractivity contribution in [3.8, 4) is 11.5 Å². The quantitative estimate of drug-likeness (QED) is 0.811. The van der Waals surface area contributed by atoms with Crippen LogP contribution in [0, 0.1) is 5.92 Å². The first kappa shape index (κ1) is 14.7. The van der Waals surface area contributed by atoms with Gasteiger partial charge in [-0.05, 0) is 24.5 Å². The maximum absolute atomic E-state index is 9.75. The second-order valence-electron chi connectivity index (χ2n) is 5.28. The normalized spacial score (nSPS) is 12.8. The molecule has 0 aliphatic carbocycles. The third kappa shape index (κ3) is 4.43. The lowest BCUT2D eigenvalue weighted by Gasteiger charge is -2.12. The summed E-state index contributed by atoms with van der Waals surface area (Å²) in [6.45, 7) is 5.18. The van der Waals surface area contributed by atoms with Crippen molar-refractivity contribution in [2.24, 2.45) is 5.92 Å². The van der Waals surface area contributed by atoms with Gasteiger partial charge in [0.1, 0.15) is 0 Å². The molecular formula is C15H21N3O2. The van der Waals surface area contributed by atoms with Crippen molar-refractivity contribution in [2.75, 3.05) is 6.54 Å². The molecule has 5 heteroatoms. The SMILES string of the molecule is CC(C)CC(O)CNCc1nnc(-c2ccccc2)o1. The fourth-order valence-electron chi connectivity index (χ4n) is 2.00. The molecule has 2 rings (SSSR count). The highest BCUT2D eigenvalue weighted by Crippen LogP contribution is 2.16. The monoisotopic (exact) mass is 275 g/mol. The number of nitrogens with one attached hydrogen (secondary N) is 1. The van der Waals surface area contributed by atoms with Gasteiger partial charge in [0.25, 0.3) is 0 Å². The highest BCUT2D eigenvalue weighted by molar-refractivity contribution is 5.51. The van der Waals surface area contributed by atoms with E-state index in [9.17, 15) is 5.11 Å². The largest absolute Gasteiger partial charge is 0.419 e. The Morgan fingerprint density at radius 1 is 1.20 bits per heavy atom. The predicted molar refractivity (Wildman–Crippen MR) is 76.9 cm³/mol. The van der Waals surface area contributed by atoms with Gasteiger partial charge in [0.15, 0.2) is 0 Å². The van der Waals surface area contributed by atoms with Crippen LogP contribution in [0.4, 0.5) is 0 Å². The molecule has 1 aromatic heterocycles. The van der Waals surface area contributed by atoms with Crippen LogP contribution < -0.4 is 5.32 Å². The average Bonchev–Trinajstić information content (AvgIpc) is 2.88. The third-order valence-corrected chi connectivity index (χ3v) is 2.89. The lowest BCUT2D eigenvalue weighted by Crippen LogP contribution is -2.27. The van der Waals surface area contributed by atoms with E-state index in [0.717, 1.165) is 12.0 Å². The van der Waals surface area contributed by atoms with Crippen molar-refractivity contribution in [1.82, 2.24) is 15.5 Å². The number of hydrogen-bond acceptors (Lipinski definition) is 5. The van der Waals surface area contributed by atoms with E-state index in [4.69, 9.17) is 4.42 Å². The minimum Gasteiger partial charge on any atom is -0.419 e. The Bertz CT molecular complexity index is 511. The standard InChI is InChI=1S/C15H21N3O2/c1-11(2)8-13(19)9-16-10-14-17-18-15(20-14)12-6-4-3-5-7-12/h3-7,11,13,16,19H,8-10H2,1-2H3. The zero-order valence-electron chi connectivity index (χ0n) is 11.9. The number of hydrogen-bond donors (Lipinski definition) is 2. The molecule has 0 saturated carbocycles. The van der Waals surface area contributed by atoms with Crippen molar-refractivity contribution in [2.45, 2.75) is 32.9 Å². The number of aliphatic hydroxyl groups excluding tert-OH is 1. The molecule has 0 bridgehead atoms. The molecule has 1 unspecified atom stereocenters. The van der Waals surface area contributed by atoms with Crippen molar-refractivity contribution in [3.05, 3.63) is 36.2 Å². The van der Waals surface area contributed by atoms with E-state index >= 15 is 0 Å². The summed E-state index contributed by atoms with van der Waals surface area (Å²) in [4.78, 5) is 0. The summed E-state index contributed by atoms with van der Waals surface area (Å²) in [7, 11) is 0. The Morgan fingerprint density at radius 2 is 1.95 bits per heavy atom. The summed E-state index contributed by atoms with van der Waals surface area (Å²) >= 11 is 0. The molecule has 1 atom stereocenters. The highest BCUT2D eigenvalue weighted by Gasteiger charge is 2.09. The zero-order valence-corrected chi connectivity index (χ0v) is 11.9. The summed E-state index contributed by atoms with van der Waals surface area (Å²) in [5.41, 5.74) is 0.908. The Balaban J connectivity index is 1.82. The van der Waals surface area contributed by atoms with Crippen LogP contribution in [0.15, 0.2) is 34.7 Å². The van der Waals surface area contributed by atoms with Gasteiger partial charge in [-0.25, -0.2) is 0 Å². The van der Waals surface area contributed by atoms with Crippen LogP contribution in [0.1, 0.15) is 26.2 Å². The molecule has 0 spiro atoms. The molecule has 2 aromatic rings. The van der Waals surface area contributed by atoms with Gasteiger partial charge in [0.2, 0.25) is 11.8 Å². The zero-order chi connectivity index (χ0) is 14.4. The molecule has 1 aromatic carbocycles. The number of benzene rings is 1. The molecular weight excluding hydrogens is 254 g/mol. The minimum absolute atomic E-state index is 0.341. The molecule has 0 saturated heterocycles. The summed E-state index contributed by atoms with van der Waals surface area (Å²) in [6.07, 6.45) is 0.443. The predicted octanol–water partition coefficient (Wildman–Crippen LogP) is 2.23. The first-order valence-corrected chi connectivity index (χ1v) is 6.91. The van der Waals surface area contributed by atoms with Crippen LogP contribution in [-0.4, -0.2) is 28.0 Å². The van der Waals surface area contributed by atoms with E-state index in [1.807, 2.05) is 30.3 Å². The second-order valence-corrected chi connectivity index (χ2v) is 5.28. The Morgan fingerprint density at radius 3 is 2.65 bits per heavy atom. The minimum atomic E-state index is -0.341. The lowest BCUT2D eigenvalue weighted by molar-refractivity contribution is 0.145. The fourth-order valence-corrected chi connectivity index (χ4v) is 2.00. The van der Waals surface area contributed by atoms with E-state index in [2.05, 4.69) is 29.4 Å². The van der Waals surface area contributed by atoms with Crippen LogP contribution in [0.2, 0.25) is 0 Å². The van der Waals surface area contributed by atoms with Gasteiger partial charge in [0.05, 0.1) is 12.6 Å². The van der Waals surface area contributed by atoms with Gasteiger partial charge < -0.3 is 14.8 Å². The van der Waals surface area contributed by atoms with Crippen LogP contribution in [-0.2, 0) is 6.54 Å². The fraction of sp³-hybridized carbons (Fsp3) is 0.467. The molecule has 0 radical (unpaired) electrons. The molecule has 0 aliphatic heterocycles. The molecule has 1 heterocycles. The van der Waals surface area contributed by atoms with E-state index < -0.39 is 0 Å². The van der Waals surface area contributed by atoms with E-state index in [1.165, 1.54) is 0 Å². The topological polar surface area (TPSA) is 71.2 Å². The van der Waals surface area contributed by atoms with Crippen LogP contribution >= 0.6 is 0 Å². The van der Waals surface area contributed by atoms with E-state index in [-0.39, 0.29) is 6.10 Å². The first-order valence-electron chi connectivity index (χ1n) is 6.91.